The number of benzene rings is 2. The highest BCUT2D eigenvalue weighted by Gasteiger charge is 2.03. The number of nitrogens with two attached hydrogens (primary N) is 1. The zero-order chi connectivity index (χ0) is 16.1. The molecule has 0 spiro atoms. The van der Waals surface area contributed by atoms with Crippen LogP contribution in [0.25, 0.3) is 0 Å². The first-order valence-electron chi connectivity index (χ1n) is 6.96. The Morgan fingerprint density at radius 2 is 1.95 bits per heavy atom. The third kappa shape index (κ3) is 3.97. The maximum Gasteiger partial charge on any atom is 0.193 e. The van der Waals surface area contributed by atoms with Crippen LogP contribution in [0.2, 0.25) is 0 Å². The number of ether oxygens (including phenoxy) is 1. The van der Waals surface area contributed by atoms with E-state index in [4.69, 9.17) is 10.5 Å². The van der Waals surface area contributed by atoms with Crippen molar-refractivity contribution in [2.75, 3.05) is 12.4 Å². The molecule has 0 amide bonds. The number of anilines is 1. The molecular weight excluding hydrogens is 281 g/mol. The van der Waals surface area contributed by atoms with Crippen molar-refractivity contribution >= 4 is 11.6 Å². The molecule has 0 atom stereocenters. The van der Waals surface area contributed by atoms with Gasteiger partial charge in [-0.05, 0) is 54.8 Å². The van der Waals surface area contributed by atoms with E-state index in [1.807, 2.05) is 25.1 Å². The minimum absolute atomic E-state index is 0.217. The highest BCUT2D eigenvalue weighted by Crippen LogP contribution is 2.18. The van der Waals surface area contributed by atoms with Crippen molar-refractivity contribution in [3.63, 3.8) is 0 Å². The van der Waals surface area contributed by atoms with Crippen LogP contribution in [-0.2, 0) is 6.54 Å². The van der Waals surface area contributed by atoms with Gasteiger partial charge in [0.05, 0.1) is 13.7 Å². The molecule has 2 aromatic rings. The largest absolute Gasteiger partial charge is 0.494 e. The molecule has 0 heterocycles. The molecule has 2 rings (SSSR count). The van der Waals surface area contributed by atoms with Crippen molar-refractivity contribution in [1.82, 2.24) is 0 Å². The maximum atomic E-state index is 13.6. The topological polar surface area (TPSA) is 59.6 Å². The van der Waals surface area contributed by atoms with Gasteiger partial charge >= 0.3 is 0 Å². The van der Waals surface area contributed by atoms with E-state index >= 15 is 0 Å². The Balaban J connectivity index is 2.03. The molecule has 116 valence electrons. The minimum Gasteiger partial charge on any atom is -0.494 e. The van der Waals surface area contributed by atoms with E-state index in [2.05, 4.69) is 17.2 Å². The molecular formula is C17H20FN3O. The SMILES string of the molecule is COc1ccc(CN=C(N)Nc2ccc(C)c(C)c2)cc1F. The van der Waals surface area contributed by atoms with Gasteiger partial charge < -0.3 is 15.8 Å². The molecule has 4 nitrogen and oxygen atoms in total. The van der Waals surface area contributed by atoms with Gasteiger partial charge in [0.2, 0.25) is 0 Å². The van der Waals surface area contributed by atoms with Gasteiger partial charge in [-0.2, -0.15) is 0 Å². The molecule has 2 aromatic carbocycles. The average Bonchev–Trinajstić information content (AvgIpc) is 2.49. The molecule has 0 saturated carbocycles. The number of rotatable bonds is 4. The van der Waals surface area contributed by atoms with E-state index in [0.29, 0.717) is 12.5 Å². The number of hydrogen-bond donors (Lipinski definition) is 2. The monoisotopic (exact) mass is 301 g/mol. The van der Waals surface area contributed by atoms with Crippen molar-refractivity contribution < 1.29 is 9.13 Å². The van der Waals surface area contributed by atoms with E-state index < -0.39 is 5.82 Å². The van der Waals surface area contributed by atoms with Crippen LogP contribution >= 0.6 is 0 Å². The number of aryl methyl sites for hydroxylation is 2. The molecule has 0 aromatic heterocycles. The van der Waals surface area contributed by atoms with Crippen LogP contribution in [0.4, 0.5) is 10.1 Å². The van der Waals surface area contributed by atoms with Gasteiger partial charge in [0.15, 0.2) is 17.5 Å². The highest BCUT2D eigenvalue weighted by molar-refractivity contribution is 5.92. The Labute approximate surface area is 129 Å². The van der Waals surface area contributed by atoms with Crippen molar-refractivity contribution in [3.05, 3.63) is 58.9 Å². The van der Waals surface area contributed by atoms with Gasteiger partial charge in [0.25, 0.3) is 0 Å². The van der Waals surface area contributed by atoms with E-state index in [-0.39, 0.29) is 5.75 Å². The first kappa shape index (κ1) is 15.8. The Hall–Kier alpha value is -2.56. The van der Waals surface area contributed by atoms with E-state index in [9.17, 15) is 4.39 Å². The number of hydrogen-bond acceptors (Lipinski definition) is 2. The number of methoxy groups -OCH3 is 1. The molecule has 0 aliphatic carbocycles. The minimum atomic E-state index is -0.407. The Bertz CT molecular complexity index is 698. The maximum absolute atomic E-state index is 13.6. The van der Waals surface area contributed by atoms with E-state index in [1.165, 1.54) is 24.3 Å². The zero-order valence-electron chi connectivity index (χ0n) is 13.0. The summed E-state index contributed by atoms with van der Waals surface area (Å²) in [5.74, 6) is 0.101. The molecule has 22 heavy (non-hydrogen) atoms. The second kappa shape index (κ2) is 6.93. The smallest absolute Gasteiger partial charge is 0.193 e. The predicted molar refractivity (Wildman–Crippen MR) is 87.8 cm³/mol. The molecule has 0 radical (unpaired) electrons. The average molecular weight is 301 g/mol. The Morgan fingerprint density at radius 3 is 2.59 bits per heavy atom. The Kier molecular flexibility index (Phi) is 4.99. The van der Waals surface area contributed by atoms with Gasteiger partial charge in [-0.25, -0.2) is 9.38 Å². The number of guanidine groups is 1. The van der Waals surface area contributed by atoms with Crippen LogP contribution in [-0.4, -0.2) is 13.1 Å². The van der Waals surface area contributed by atoms with Crippen LogP contribution in [0.1, 0.15) is 16.7 Å². The van der Waals surface area contributed by atoms with E-state index in [0.717, 1.165) is 11.3 Å². The molecule has 0 fully saturated rings. The standard InChI is InChI=1S/C17H20FN3O/c1-11-4-6-14(8-12(11)2)21-17(19)20-10-13-5-7-16(22-3)15(18)9-13/h4-9H,10H2,1-3H3,(H3,19,20,21). The van der Waals surface area contributed by atoms with Crippen LogP contribution in [0, 0.1) is 19.7 Å². The fraction of sp³-hybridized carbons (Fsp3) is 0.235. The summed E-state index contributed by atoms with van der Waals surface area (Å²) in [6.45, 7) is 4.38. The molecule has 5 heteroatoms. The van der Waals surface area contributed by atoms with Gasteiger partial charge in [0, 0.05) is 5.69 Å². The number of halogens is 1. The number of nitrogens with zero attached hydrogens (tertiary/aromatic N) is 1. The summed E-state index contributed by atoms with van der Waals surface area (Å²) in [7, 11) is 1.43. The van der Waals surface area contributed by atoms with Crippen molar-refractivity contribution in [2.24, 2.45) is 10.7 Å². The molecule has 3 N–H and O–H groups in total. The Morgan fingerprint density at radius 1 is 1.18 bits per heavy atom. The second-order valence-electron chi connectivity index (χ2n) is 5.09. The van der Waals surface area contributed by atoms with Crippen molar-refractivity contribution in [1.29, 1.82) is 0 Å². The van der Waals surface area contributed by atoms with Crippen molar-refractivity contribution in [3.8, 4) is 5.75 Å². The first-order valence-corrected chi connectivity index (χ1v) is 6.96. The highest BCUT2D eigenvalue weighted by atomic mass is 19.1. The molecule has 0 aliphatic heterocycles. The predicted octanol–water partition coefficient (Wildman–Crippen LogP) is 3.38. The molecule has 0 saturated heterocycles. The summed E-state index contributed by atoms with van der Waals surface area (Å²) >= 11 is 0. The van der Waals surface area contributed by atoms with Gasteiger partial charge in [-0.15, -0.1) is 0 Å². The van der Waals surface area contributed by atoms with Gasteiger partial charge in [-0.1, -0.05) is 12.1 Å². The lowest BCUT2D eigenvalue weighted by Crippen LogP contribution is -2.22. The van der Waals surface area contributed by atoms with Crippen molar-refractivity contribution in [2.45, 2.75) is 20.4 Å². The summed E-state index contributed by atoms with van der Waals surface area (Å²) in [4.78, 5) is 4.21. The summed E-state index contributed by atoms with van der Waals surface area (Å²) in [6.07, 6.45) is 0. The summed E-state index contributed by atoms with van der Waals surface area (Å²) in [6, 6.07) is 10.7. The van der Waals surface area contributed by atoms with Crippen LogP contribution in [0.15, 0.2) is 41.4 Å². The summed E-state index contributed by atoms with van der Waals surface area (Å²) in [5, 5.41) is 3.03. The first-order chi connectivity index (χ1) is 10.5. The number of aliphatic imine (C=N–C) groups is 1. The molecule has 0 unspecified atom stereocenters. The molecule has 0 bridgehead atoms. The zero-order valence-corrected chi connectivity index (χ0v) is 13.0. The normalized spacial score (nSPS) is 11.4. The summed E-state index contributed by atoms with van der Waals surface area (Å²) < 4.78 is 18.5. The lowest BCUT2D eigenvalue weighted by Gasteiger charge is -2.08. The van der Waals surface area contributed by atoms with Crippen LogP contribution < -0.4 is 15.8 Å². The summed E-state index contributed by atoms with van der Waals surface area (Å²) in [5.41, 5.74) is 9.85. The fourth-order valence-electron chi connectivity index (χ4n) is 1.99. The third-order valence-corrected chi connectivity index (χ3v) is 3.43. The molecule has 0 aliphatic rings. The van der Waals surface area contributed by atoms with E-state index in [1.54, 1.807) is 12.1 Å². The lowest BCUT2D eigenvalue weighted by molar-refractivity contribution is 0.386. The fourth-order valence-corrected chi connectivity index (χ4v) is 1.99. The quantitative estimate of drug-likeness (QED) is 0.672. The second-order valence-corrected chi connectivity index (χ2v) is 5.09. The van der Waals surface area contributed by atoms with Gasteiger partial charge in [-0.3, -0.25) is 0 Å². The lowest BCUT2D eigenvalue weighted by atomic mass is 10.1. The third-order valence-electron chi connectivity index (χ3n) is 3.43. The number of nitrogens with one attached hydrogen (secondary N) is 1. The van der Waals surface area contributed by atoms with Crippen LogP contribution in [0.3, 0.4) is 0 Å². The van der Waals surface area contributed by atoms with Crippen LogP contribution in [0.5, 0.6) is 5.75 Å². The van der Waals surface area contributed by atoms with Gasteiger partial charge in [0.1, 0.15) is 0 Å².